The van der Waals surface area contributed by atoms with Gasteiger partial charge in [-0.1, -0.05) is 18.9 Å². The molecule has 0 heterocycles. The summed E-state index contributed by atoms with van der Waals surface area (Å²) in [6.07, 6.45) is 6.14. The van der Waals surface area contributed by atoms with E-state index in [1.54, 1.807) is 6.07 Å². The van der Waals surface area contributed by atoms with E-state index in [1.165, 1.54) is 18.9 Å². The molecule has 0 bridgehead atoms. The van der Waals surface area contributed by atoms with Gasteiger partial charge < -0.3 is 5.11 Å². The minimum atomic E-state index is -0.208. The van der Waals surface area contributed by atoms with Gasteiger partial charge in [0.1, 0.15) is 5.82 Å². The average Bonchev–Trinajstić information content (AvgIpc) is 2.83. The molecule has 0 aromatic heterocycles. The second-order valence-corrected chi connectivity index (χ2v) is 5.22. The van der Waals surface area contributed by atoms with Crippen molar-refractivity contribution in [1.29, 1.82) is 0 Å². The first-order valence-electron chi connectivity index (χ1n) is 6.60. The highest BCUT2D eigenvalue weighted by atomic mass is 19.1. The standard InChI is InChI=1S/C15H21FO/c1-11-6-8-14(16)10-13(11)7-9-15(17)12-4-2-3-5-12/h6,8,10,12,15,17H,2-5,7,9H2,1H3. The number of hydrogen-bond donors (Lipinski definition) is 1. The van der Waals surface area contributed by atoms with Crippen LogP contribution in [0, 0.1) is 18.7 Å². The molecule has 0 radical (unpaired) electrons. The van der Waals surface area contributed by atoms with Crippen LogP contribution >= 0.6 is 0 Å². The maximum Gasteiger partial charge on any atom is 0.123 e. The predicted octanol–water partition coefficient (Wildman–Crippen LogP) is 3.62. The highest BCUT2D eigenvalue weighted by Crippen LogP contribution is 2.29. The van der Waals surface area contributed by atoms with E-state index >= 15 is 0 Å². The summed E-state index contributed by atoms with van der Waals surface area (Å²) in [7, 11) is 0. The van der Waals surface area contributed by atoms with Gasteiger partial charge in [0, 0.05) is 0 Å². The van der Waals surface area contributed by atoms with Gasteiger partial charge in [0.2, 0.25) is 0 Å². The summed E-state index contributed by atoms with van der Waals surface area (Å²) in [6, 6.07) is 4.90. The fourth-order valence-electron chi connectivity index (χ4n) is 2.79. The minimum Gasteiger partial charge on any atom is -0.393 e. The lowest BCUT2D eigenvalue weighted by molar-refractivity contribution is 0.102. The topological polar surface area (TPSA) is 20.2 Å². The Labute approximate surface area is 103 Å². The Kier molecular flexibility index (Phi) is 4.16. The van der Waals surface area contributed by atoms with Crippen molar-refractivity contribution < 1.29 is 9.50 Å². The van der Waals surface area contributed by atoms with E-state index in [4.69, 9.17) is 0 Å². The molecular formula is C15H21FO. The second-order valence-electron chi connectivity index (χ2n) is 5.22. The summed E-state index contributed by atoms with van der Waals surface area (Å²) in [5.74, 6) is 0.296. The largest absolute Gasteiger partial charge is 0.393 e. The third kappa shape index (κ3) is 3.29. The summed E-state index contributed by atoms with van der Waals surface area (Å²) >= 11 is 0. The second kappa shape index (κ2) is 5.63. The van der Waals surface area contributed by atoms with Gasteiger partial charge in [-0.2, -0.15) is 0 Å². The maximum absolute atomic E-state index is 13.1. The molecule has 1 atom stereocenters. The lowest BCUT2D eigenvalue weighted by Gasteiger charge is -2.18. The lowest BCUT2D eigenvalue weighted by atomic mass is 9.94. The first kappa shape index (κ1) is 12.6. The van der Waals surface area contributed by atoms with Crippen molar-refractivity contribution in [2.45, 2.75) is 51.6 Å². The van der Waals surface area contributed by atoms with Crippen molar-refractivity contribution in [3.63, 3.8) is 0 Å². The normalized spacial score (nSPS) is 18.5. The van der Waals surface area contributed by atoms with Crippen LogP contribution in [0.2, 0.25) is 0 Å². The van der Waals surface area contributed by atoms with Gasteiger partial charge in [0.25, 0.3) is 0 Å². The predicted molar refractivity (Wildman–Crippen MR) is 67.4 cm³/mol. The van der Waals surface area contributed by atoms with Crippen LogP contribution in [0.15, 0.2) is 18.2 Å². The molecule has 0 aliphatic heterocycles. The van der Waals surface area contributed by atoms with Crippen LogP contribution in [0.5, 0.6) is 0 Å². The minimum absolute atomic E-state index is 0.180. The molecule has 0 spiro atoms. The van der Waals surface area contributed by atoms with E-state index in [0.29, 0.717) is 5.92 Å². The molecule has 1 aliphatic rings. The van der Waals surface area contributed by atoms with E-state index < -0.39 is 0 Å². The van der Waals surface area contributed by atoms with Crippen molar-refractivity contribution >= 4 is 0 Å². The molecule has 1 fully saturated rings. The zero-order valence-corrected chi connectivity index (χ0v) is 10.5. The van der Waals surface area contributed by atoms with Crippen LogP contribution < -0.4 is 0 Å². The van der Waals surface area contributed by atoms with Crippen LogP contribution in [-0.2, 0) is 6.42 Å². The molecule has 0 amide bonds. The monoisotopic (exact) mass is 236 g/mol. The van der Waals surface area contributed by atoms with E-state index in [0.717, 1.165) is 36.8 Å². The third-order valence-electron chi connectivity index (χ3n) is 3.96. The fraction of sp³-hybridized carbons (Fsp3) is 0.600. The Balaban J connectivity index is 1.90. The van der Waals surface area contributed by atoms with Gasteiger partial charge in [-0.05, 0) is 61.8 Å². The number of rotatable bonds is 4. The van der Waals surface area contributed by atoms with E-state index in [2.05, 4.69) is 0 Å². The molecule has 2 heteroatoms. The highest BCUT2D eigenvalue weighted by molar-refractivity contribution is 5.26. The summed E-state index contributed by atoms with van der Waals surface area (Å²) in [5, 5.41) is 10.1. The summed E-state index contributed by atoms with van der Waals surface area (Å²) in [4.78, 5) is 0. The first-order chi connectivity index (χ1) is 8.16. The number of aliphatic hydroxyl groups is 1. The average molecular weight is 236 g/mol. The van der Waals surface area contributed by atoms with Gasteiger partial charge in [0.15, 0.2) is 0 Å². The molecule has 17 heavy (non-hydrogen) atoms. The lowest BCUT2D eigenvalue weighted by Crippen LogP contribution is -2.18. The van der Waals surface area contributed by atoms with Gasteiger partial charge >= 0.3 is 0 Å². The molecule has 1 unspecified atom stereocenters. The Morgan fingerprint density at radius 2 is 2.06 bits per heavy atom. The molecule has 1 aromatic carbocycles. The molecule has 94 valence electrons. The summed E-state index contributed by atoms with van der Waals surface area (Å²) < 4.78 is 13.1. The number of aliphatic hydroxyl groups excluding tert-OH is 1. The number of aryl methyl sites for hydroxylation is 2. The molecule has 1 aromatic rings. The van der Waals surface area contributed by atoms with E-state index in [1.807, 2.05) is 13.0 Å². The Bertz CT molecular complexity index is 369. The first-order valence-corrected chi connectivity index (χ1v) is 6.60. The molecule has 1 nitrogen and oxygen atoms in total. The zero-order valence-electron chi connectivity index (χ0n) is 10.5. The third-order valence-corrected chi connectivity index (χ3v) is 3.96. The summed E-state index contributed by atoms with van der Waals surface area (Å²) in [6.45, 7) is 2.00. The SMILES string of the molecule is Cc1ccc(F)cc1CCC(O)C1CCCC1. The van der Waals surface area contributed by atoms with Crippen molar-refractivity contribution in [3.05, 3.63) is 35.1 Å². The Hall–Kier alpha value is -0.890. The fourth-order valence-corrected chi connectivity index (χ4v) is 2.79. The van der Waals surface area contributed by atoms with Crippen molar-refractivity contribution in [2.75, 3.05) is 0 Å². The van der Waals surface area contributed by atoms with Crippen LogP contribution in [-0.4, -0.2) is 11.2 Å². The molecular weight excluding hydrogens is 215 g/mol. The van der Waals surface area contributed by atoms with Gasteiger partial charge in [-0.15, -0.1) is 0 Å². The Morgan fingerprint density at radius 3 is 2.76 bits per heavy atom. The summed E-state index contributed by atoms with van der Waals surface area (Å²) in [5.41, 5.74) is 2.15. The zero-order chi connectivity index (χ0) is 12.3. The molecule has 0 saturated heterocycles. The van der Waals surface area contributed by atoms with Gasteiger partial charge in [-0.3, -0.25) is 0 Å². The van der Waals surface area contributed by atoms with Gasteiger partial charge in [0.05, 0.1) is 6.10 Å². The molecule has 2 rings (SSSR count). The maximum atomic E-state index is 13.1. The Morgan fingerprint density at radius 1 is 1.35 bits per heavy atom. The van der Waals surface area contributed by atoms with Crippen molar-refractivity contribution in [3.8, 4) is 0 Å². The number of benzene rings is 1. The molecule has 1 aliphatic carbocycles. The van der Waals surface area contributed by atoms with Crippen LogP contribution in [0.4, 0.5) is 4.39 Å². The van der Waals surface area contributed by atoms with Crippen LogP contribution in [0.25, 0.3) is 0 Å². The van der Waals surface area contributed by atoms with E-state index in [-0.39, 0.29) is 11.9 Å². The van der Waals surface area contributed by atoms with Crippen molar-refractivity contribution in [1.82, 2.24) is 0 Å². The number of halogens is 1. The smallest absolute Gasteiger partial charge is 0.123 e. The van der Waals surface area contributed by atoms with Gasteiger partial charge in [-0.25, -0.2) is 4.39 Å². The molecule has 1 N–H and O–H groups in total. The van der Waals surface area contributed by atoms with Crippen LogP contribution in [0.3, 0.4) is 0 Å². The highest BCUT2D eigenvalue weighted by Gasteiger charge is 2.22. The van der Waals surface area contributed by atoms with E-state index in [9.17, 15) is 9.50 Å². The quantitative estimate of drug-likeness (QED) is 0.846. The van der Waals surface area contributed by atoms with Crippen molar-refractivity contribution in [2.24, 2.45) is 5.92 Å². The van der Waals surface area contributed by atoms with Crippen LogP contribution in [0.1, 0.15) is 43.2 Å². The molecule has 1 saturated carbocycles. The number of hydrogen-bond acceptors (Lipinski definition) is 1.